The number of β-amino-alcohol motifs (C(OH)–C–C–N with tert-alkyl or cyclic N) is 1. The van der Waals surface area contributed by atoms with Crippen molar-refractivity contribution in [3.8, 4) is 5.75 Å². The van der Waals surface area contributed by atoms with E-state index in [1.54, 1.807) is 14.0 Å². The lowest BCUT2D eigenvalue weighted by molar-refractivity contribution is -0.146. The molecule has 4 nitrogen and oxygen atoms in total. The van der Waals surface area contributed by atoms with E-state index in [1.807, 2.05) is 42.5 Å². The molecule has 0 aliphatic carbocycles. The predicted molar refractivity (Wildman–Crippen MR) is 92.8 cm³/mol. The molecule has 0 amide bonds. The number of benzene rings is 2. The number of Topliss-reactive ketones (excluding diaryl/α,β-unsaturated/α-hetero) is 1. The van der Waals surface area contributed by atoms with Crippen molar-refractivity contribution in [2.45, 2.75) is 31.5 Å². The zero-order valence-electron chi connectivity index (χ0n) is 14.1. The smallest absolute Gasteiger partial charge is 0.167 e. The highest BCUT2D eigenvalue weighted by atomic mass is 16.5. The summed E-state index contributed by atoms with van der Waals surface area (Å²) in [7, 11) is 1.64. The number of piperidine rings is 1. The first-order valence-electron chi connectivity index (χ1n) is 8.18. The van der Waals surface area contributed by atoms with Gasteiger partial charge < -0.3 is 9.84 Å². The van der Waals surface area contributed by atoms with Gasteiger partial charge in [0, 0.05) is 31.1 Å². The third-order valence-corrected chi connectivity index (χ3v) is 4.66. The quantitative estimate of drug-likeness (QED) is 0.939. The second kappa shape index (κ2) is 6.75. The van der Waals surface area contributed by atoms with Crippen molar-refractivity contribution in [3.05, 3.63) is 65.7 Å². The molecule has 3 rings (SSSR count). The zero-order valence-corrected chi connectivity index (χ0v) is 14.1. The SMILES string of the molecule is COc1ccccc1[C@H]1CC(=O)[C@@](C)(O)CN1Cc1ccccc1. The monoisotopic (exact) mass is 325 g/mol. The average molecular weight is 325 g/mol. The zero-order chi connectivity index (χ0) is 17.2. The van der Waals surface area contributed by atoms with Crippen LogP contribution in [0.4, 0.5) is 0 Å². The van der Waals surface area contributed by atoms with Crippen LogP contribution in [0.5, 0.6) is 5.75 Å². The Morgan fingerprint density at radius 1 is 1.17 bits per heavy atom. The number of aliphatic hydroxyl groups is 1. The van der Waals surface area contributed by atoms with E-state index in [0.29, 0.717) is 13.1 Å². The summed E-state index contributed by atoms with van der Waals surface area (Å²) < 4.78 is 5.48. The van der Waals surface area contributed by atoms with Gasteiger partial charge in [-0.1, -0.05) is 48.5 Å². The van der Waals surface area contributed by atoms with E-state index in [-0.39, 0.29) is 18.2 Å². The normalized spacial score (nSPS) is 24.8. The lowest BCUT2D eigenvalue weighted by Crippen LogP contribution is -2.53. The van der Waals surface area contributed by atoms with Gasteiger partial charge in [-0.2, -0.15) is 0 Å². The van der Waals surface area contributed by atoms with E-state index in [1.165, 1.54) is 0 Å². The van der Waals surface area contributed by atoms with Gasteiger partial charge in [0.2, 0.25) is 0 Å². The van der Waals surface area contributed by atoms with Crippen LogP contribution in [0, 0.1) is 0 Å². The van der Waals surface area contributed by atoms with Gasteiger partial charge in [-0.25, -0.2) is 0 Å². The summed E-state index contributed by atoms with van der Waals surface area (Å²) >= 11 is 0. The molecule has 0 saturated carbocycles. The fourth-order valence-electron chi connectivity index (χ4n) is 3.35. The Balaban J connectivity index is 1.95. The molecule has 0 spiro atoms. The fourth-order valence-corrected chi connectivity index (χ4v) is 3.35. The maximum absolute atomic E-state index is 12.4. The Morgan fingerprint density at radius 2 is 1.83 bits per heavy atom. The van der Waals surface area contributed by atoms with Crippen molar-refractivity contribution in [3.63, 3.8) is 0 Å². The highest BCUT2D eigenvalue weighted by molar-refractivity contribution is 5.88. The van der Waals surface area contributed by atoms with Crippen molar-refractivity contribution in [2.75, 3.05) is 13.7 Å². The maximum atomic E-state index is 12.4. The van der Waals surface area contributed by atoms with Crippen molar-refractivity contribution in [1.82, 2.24) is 4.90 Å². The van der Waals surface area contributed by atoms with E-state index >= 15 is 0 Å². The van der Waals surface area contributed by atoms with Crippen LogP contribution in [0.2, 0.25) is 0 Å². The lowest BCUT2D eigenvalue weighted by atomic mass is 9.85. The summed E-state index contributed by atoms with van der Waals surface area (Å²) in [5.74, 6) is 0.651. The number of nitrogens with zero attached hydrogens (tertiary/aromatic N) is 1. The molecule has 1 N–H and O–H groups in total. The third-order valence-electron chi connectivity index (χ3n) is 4.66. The van der Waals surface area contributed by atoms with Crippen LogP contribution < -0.4 is 4.74 Å². The van der Waals surface area contributed by atoms with Gasteiger partial charge in [0.25, 0.3) is 0 Å². The third kappa shape index (κ3) is 3.35. The number of para-hydroxylation sites is 1. The van der Waals surface area contributed by atoms with Crippen molar-refractivity contribution < 1.29 is 14.6 Å². The molecule has 1 aliphatic rings. The summed E-state index contributed by atoms with van der Waals surface area (Å²) in [4.78, 5) is 14.5. The van der Waals surface area contributed by atoms with Gasteiger partial charge in [0.1, 0.15) is 11.4 Å². The Morgan fingerprint density at radius 3 is 2.54 bits per heavy atom. The van der Waals surface area contributed by atoms with Crippen molar-refractivity contribution in [1.29, 1.82) is 0 Å². The Hall–Kier alpha value is -2.17. The summed E-state index contributed by atoms with van der Waals surface area (Å²) in [6, 6.07) is 17.8. The van der Waals surface area contributed by atoms with Crippen LogP contribution in [0.3, 0.4) is 0 Å². The molecule has 1 aliphatic heterocycles. The van der Waals surface area contributed by atoms with Gasteiger partial charge in [-0.05, 0) is 18.6 Å². The summed E-state index contributed by atoms with van der Waals surface area (Å²) in [6.07, 6.45) is 0.278. The van der Waals surface area contributed by atoms with Gasteiger partial charge in [-0.3, -0.25) is 9.69 Å². The summed E-state index contributed by atoms with van der Waals surface area (Å²) in [6.45, 7) is 2.59. The molecule has 2 atom stereocenters. The van der Waals surface area contributed by atoms with Crippen LogP contribution in [-0.4, -0.2) is 35.0 Å². The molecular weight excluding hydrogens is 302 g/mol. The lowest BCUT2D eigenvalue weighted by Gasteiger charge is -2.42. The first-order valence-corrected chi connectivity index (χ1v) is 8.18. The van der Waals surface area contributed by atoms with E-state index in [4.69, 9.17) is 4.74 Å². The van der Waals surface area contributed by atoms with Gasteiger partial charge in [0.15, 0.2) is 5.78 Å². The summed E-state index contributed by atoms with van der Waals surface area (Å²) in [5, 5.41) is 10.5. The van der Waals surface area contributed by atoms with Gasteiger partial charge >= 0.3 is 0 Å². The Kier molecular flexibility index (Phi) is 4.69. The topological polar surface area (TPSA) is 49.8 Å². The number of methoxy groups -OCH3 is 1. The van der Waals surface area contributed by atoms with Crippen LogP contribution in [0.25, 0.3) is 0 Å². The van der Waals surface area contributed by atoms with E-state index < -0.39 is 5.60 Å². The fraction of sp³-hybridized carbons (Fsp3) is 0.350. The minimum absolute atomic E-state index is 0.103. The average Bonchev–Trinajstić information content (AvgIpc) is 2.58. The minimum Gasteiger partial charge on any atom is -0.496 e. The van der Waals surface area contributed by atoms with Gasteiger partial charge in [-0.15, -0.1) is 0 Å². The standard InChI is InChI=1S/C20H23NO3/c1-20(23)14-21(13-15-8-4-3-5-9-15)17(12-19(20)22)16-10-6-7-11-18(16)24-2/h3-11,17,23H,12-14H2,1-2H3/t17-,20+/m1/s1. The number of hydrogen-bond acceptors (Lipinski definition) is 4. The van der Waals surface area contributed by atoms with Crippen molar-refractivity contribution >= 4 is 5.78 Å². The molecule has 2 aromatic carbocycles. The number of rotatable bonds is 4. The van der Waals surface area contributed by atoms with Crippen LogP contribution in [-0.2, 0) is 11.3 Å². The van der Waals surface area contributed by atoms with E-state index in [2.05, 4.69) is 17.0 Å². The molecular formula is C20H23NO3. The highest BCUT2D eigenvalue weighted by Crippen LogP contribution is 2.38. The second-order valence-electron chi connectivity index (χ2n) is 6.55. The van der Waals surface area contributed by atoms with Crippen LogP contribution >= 0.6 is 0 Å². The number of ketones is 1. The molecule has 0 aromatic heterocycles. The molecule has 0 radical (unpaired) electrons. The first-order chi connectivity index (χ1) is 11.5. The molecule has 1 heterocycles. The van der Waals surface area contributed by atoms with E-state index in [9.17, 15) is 9.90 Å². The number of hydrogen-bond donors (Lipinski definition) is 1. The highest BCUT2D eigenvalue weighted by Gasteiger charge is 2.42. The Labute approximate surface area is 142 Å². The van der Waals surface area contributed by atoms with Crippen molar-refractivity contribution in [2.24, 2.45) is 0 Å². The minimum atomic E-state index is -1.31. The molecule has 4 heteroatoms. The molecule has 0 bridgehead atoms. The van der Waals surface area contributed by atoms with Crippen LogP contribution in [0.1, 0.15) is 30.5 Å². The van der Waals surface area contributed by atoms with E-state index in [0.717, 1.165) is 16.9 Å². The largest absolute Gasteiger partial charge is 0.496 e. The molecule has 0 unspecified atom stereocenters. The van der Waals surface area contributed by atoms with Gasteiger partial charge in [0.05, 0.1) is 7.11 Å². The second-order valence-corrected chi connectivity index (χ2v) is 6.55. The molecule has 1 saturated heterocycles. The molecule has 126 valence electrons. The number of likely N-dealkylation sites (tertiary alicyclic amines) is 1. The van der Waals surface area contributed by atoms with Crippen LogP contribution in [0.15, 0.2) is 54.6 Å². The Bertz CT molecular complexity index is 712. The predicted octanol–water partition coefficient (Wildman–Crippen LogP) is 2.96. The number of carbonyl (C=O) groups excluding carboxylic acids is 1. The first kappa shape index (κ1) is 16.7. The molecule has 2 aromatic rings. The number of carbonyl (C=O) groups is 1. The molecule has 24 heavy (non-hydrogen) atoms. The maximum Gasteiger partial charge on any atom is 0.167 e. The molecule has 1 fully saturated rings. The number of ether oxygens (including phenoxy) is 1. The summed E-state index contributed by atoms with van der Waals surface area (Å²) in [5.41, 5.74) is 0.829.